The fraction of sp³-hybridized carbons (Fsp3) is 0.130. The van der Waals surface area contributed by atoms with E-state index in [0.29, 0.717) is 0 Å². The summed E-state index contributed by atoms with van der Waals surface area (Å²) >= 11 is 0. The number of nitrogens with zero attached hydrogens (tertiary/aromatic N) is 3. The Hall–Kier alpha value is -3.98. The molecule has 3 N–H and O–H groups in total. The summed E-state index contributed by atoms with van der Waals surface area (Å²) < 4.78 is 0. The molecule has 29 heavy (non-hydrogen) atoms. The Morgan fingerprint density at radius 2 is 1.83 bits per heavy atom. The number of nitrogens with two attached hydrogens (primary N) is 1. The summed E-state index contributed by atoms with van der Waals surface area (Å²) in [6, 6.07) is 15.0. The monoisotopic (exact) mass is 383 g/mol. The van der Waals surface area contributed by atoms with Crippen LogP contribution in [0.3, 0.4) is 0 Å². The highest BCUT2D eigenvalue weighted by molar-refractivity contribution is 5.81. The molecule has 6 heteroatoms. The van der Waals surface area contributed by atoms with Crippen molar-refractivity contribution >= 4 is 12.2 Å². The van der Waals surface area contributed by atoms with Crippen LogP contribution in [0.5, 0.6) is 0 Å². The first-order chi connectivity index (χ1) is 14.1. The van der Waals surface area contributed by atoms with Gasteiger partial charge in [-0.25, -0.2) is 10.2 Å². The first-order valence-corrected chi connectivity index (χ1v) is 9.15. The maximum absolute atomic E-state index is 10.6. The largest absolute Gasteiger partial charge is 0.350 e. The molecule has 2 aromatic heterocycles. The summed E-state index contributed by atoms with van der Waals surface area (Å²) in [6.45, 7) is 2.04. The van der Waals surface area contributed by atoms with Crippen LogP contribution < -0.4 is 11.2 Å². The average Bonchev–Trinajstić information content (AvgIpc) is 2.72. The van der Waals surface area contributed by atoms with E-state index in [9.17, 15) is 4.79 Å². The summed E-state index contributed by atoms with van der Waals surface area (Å²) in [5.74, 6) is 6.36. The summed E-state index contributed by atoms with van der Waals surface area (Å²) in [5, 5.41) is 3.72. The number of hydrogen-bond donors (Lipinski definition) is 2. The minimum atomic E-state index is -0.694. The second-order valence-electron chi connectivity index (χ2n) is 6.43. The molecule has 0 spiro atoms. The van der Waals surface area contributed by atoms with Crippen molar-refractivity contribution in [1.82, 2.24) is 15.4 Å². The van der Waals surface area contributed by atoms with Gasteiger partial charge in [0.05, 0.1) is 17.6 Å². The molecule has 3 rings (SSSR count). The lowest BCUT2D eigenvalue weighted by molar-refractivity contribution is 0.249. The molecule has 144 valence electrons. The topological polar surface area (TPSA) is 93.3 Å². The molecule has 0 radical (unpaired) electrons. The normalized spacial score (nSPS) is 10.4. The van der Waals surface area contributed by atoms with Gasteiger partial charge >= 0.3 is 6.03 Å². The first-order valence-electron chi connectivity index (χ1n) is 9.15. The molecule has 0 unspecified atom stereocenters. The van der Waals surface area contributed by atoms with E-state index in [2.05, 4.69) is 38.4 Å². The Morgan fingerprint density at radius 1 is 1.10 bits per heavy atom. The van der Waals surface area contributed by atoms with Crippen LogP contribution >= 0.6 is 0 Å². The van der Waals surface area contributed by atoms with Gasteiger partial charge in [0.1, 0.15) is 0 Å². The van der Waals surface area contributed by atoms with Crippen LogP contribution in [-0.4, -0.2) is 22.2 Å². The number of urea groups is 1. The Balaban J connectivity index is 1.57. The maximum Gasteiger partial charge on any atom is 0.332 e. The second-order valence-corrected chi connectivity index (χ2v) is 6.43. The first kappa shape index (κ1) is 19.8. The number of hydrogen-bond acceptors (Lipinski definition) is 4. The Morgan fingerprint density at radius 3 is 2.55 bits per heavy atom. The van der Waals surface area contributed by atoms with Gasteiger partial charge < -0.3 is 5.73 Å². The van der Waals surface area contributed by atoms with E-state index in [1.54, 1.807) is 6.20 Å². The zero-order valence-electron chi connectivity index (χ0n) is 16.1. The third kappa shape index (κ3) is 6.29. The van der Waals surface area contributed by atoms with Crippen molar-refractivity contribution in [1.29, 1.82) is 0 Å². The second kappa shape index (κ2) is 9.81. The van der Waals surface area contributed by atoms with Gasteiger partial charge in [0.2, 0.25) is 0 Å². The molecule has 0 fully saturated rings. The van der Waals surface area contributed by atoms with E-state index in [-0.39, 0.29) is 0 Å². The molecule has 2 amide bonds. The average molecular weight is 383 g/mol. The third-order valence-corrected chi connectivity index (χ3v) is 4.07. The predicted octanol–water partition coefficient (Wildman–Crippen LogP) is 3.44. The lowest BCUT2D eigenvalue weighted by Gasteiger charge is -2.03. The zero-order chi connectivity index (χ0) is 20.5. The van der Waals surface area contributed by atoms with E-state index in [4.69, 9.17) is 5.73 Å². The molecule has 6 nitrogen and oxygen atoms in total. The van der Waals surface area contributed by atoms with Crippen molar-refractivity contribution in [3.8, 4) is 23.2 Å². The standard InChI is InChI=1S/C23H21N5O/c1-17-10-12-25-21(14-17)22-15-19(11-13-26-22)5-3-2-4-18-6-8-20(9-7-18)16-27-28-23(24)29/h6-16H,3,5H2,1H3,(H3,24,28,29)/b27-16+. The molecule has 0 bridgehead atoms. The zero-order valence-corrected chi connectivity index (χ0v) is 16.1. The number of benzene rings is 1. The number of aryl methyl sites for hydroxylation is 2. The van der Waals surface area contributed by atoms with Gasteiger partial charge in [0.15, 0.2) is 0 Å². The van der Waals surface area contributed by atoms with Crippen molar-refractivity contribution in [3.05, 3.63) is 83.2 Å². The number of carbonyl (C=O) groups is 1. The van der Waals surface area contributed by atoms with Gasteiger partial charge in [-0.05, 0) is 66.4 Å². The Kier molecular flexibility index (Phi) is 6.69. The minimum Gasteiger partial charge on any atom is -0.350 e. The SMILES string of the molecule is Cc1ccnc(-c2cc(CCC#Cc3ccc(/C=N/NC(N)=O)cc3)ccn2)c1. The van der Waals surface area contributed by atoms with Gasteiger partial charge in [0, 0.05) is 24.4 Å². The highest BCUT2D eigenvalue weighted by Crippen LogP contribution is 2.17. The number of amides is 2. The highest BCUT2D eigenvalue weighted by Gasteiger charge is 2.02. The van der Waals surface area contributed by atoms with Gasteiger partial charge in [-0.3, -0.25) is 9.97 Å². The van der Waals surface area contributed by atoms with Gasteiger partial charge in [-0.2, -0.15) is 5.10 Å². The molecule has 0 aliphatic carbocycles. The fourth-order valence-electron chi connectivity index (χ4n) is 2.64. The number of hydrazone groups is 1. The highest BCUT2D eigenvalue weighted by atomic mass is 16.2. The smallest absolute Gasteiger partial charge is 0.332 e. The van der Waals surface area contributed by atoms with Crippen molar-refractivity contribution < 1.29 is 4.79 Å². The van der Waals surface area contributed by atoms with Crippen LogP contribution in [0.15, 0.2) is 66.0 Å². The maximum atomic E-state index is 10.6. The van der Waals surface area contributed by atoms with Gasteiger partial charge in [-0.15, -0.1) is 0 Å². The number of nitrogens with one attached hydrogen (secondary N) is 1. The Labute approximate surface area is 169 Å². The molecule has 1 aromatic carbocycles. The molecule has 3 aromatic rings. The number of rotatable bonds is 5. The summed E-state index contributed by atoms with van der Waals surface area (Å²) in [5.41, 5.74) is 13.0. The van der Waals surface area contributed by atoms with Gasteiger partial charge in [0.25, 0.3) is 0 Å². The number of primary amides is 1. The molecule has 0 aliphatic heterocycles. The van der Waals surface area contributed by atoms with Crippen LogP contribution in [0.4, 0.5) is 4.79 Å². The number of aromatic nitrogens is 2. The number of carbonyl (C=O) groups excluding carboxylic acids is 1. The Bertz CT molecular complexity index is 1080. The lowest BCUT2D eigenvalue weighted by atomic mass is 10.1. The van der Waals surface area contributed by atoms with Crippen LogP contribution in [-0.2, 0) is 6.42 Å². The van der Waals surface area contributed by atoms with Crippen LogP contribution in [0, 0.1) is 18.8 Å². The lowest BCUT2D eigenvalue weighted by Crippen LogP contribution is -2.24. The van der Waals surface area contributed by atoms with E-state index in [1.165, 1.54) is 11.8 Å². The summed E-state index contributed by atoms with van der Waals surface area (Å²) in [4.78, 5) is 19.4. The molecule has 0 aliphatic rings. The van der Waals surface area contributed by atoms with Gasteiger partial charge in [-0.1, -0.05) is 24.0 Å². The molecule has 0 saturated heterocycles. The van der Waals surface area contributed by atoms with E-state index in [1.807, 2.05) is 55.6 Å². The van der Waals surface area contributed by atoms with Crippen LogP contribution in [0.25, 0.3) is 11.4 Å². The minimum absolute atomic E-state index is 0.694. The fourth-order valence-corrected chi connectivity index (χ4v) is 2.64. The van der Waals surface area contributed by atoms with Crippen molar-refractivity contribution in [3.63, 3.8) is 0 Å². The molecule has 0 atom stereocenters. The third-order valence-electron chi connectivity index (χ3n) is 4.07. The molecular formula is C23H21N5O. The molecular weight excluding hydrogens is 362 g/mol. The summed E-state index contributed by atoms with van der Waals surface area (Å²) in [7, 11) is 0. The van der Waals surface area contributed by atoms with Crippen LogP contribution in [0.2, 0.25) is 0 Å². The number of pyridine rings is 2. The quantitative estimate of drug-likeness (QED) is 0.401. The summed E-state index contributed by atoms with van der Waals surface area (Å²) in [6.07, 6.45) is 6.73. The predicted molar refractivity (Wildman–Crippen MR) is 114 cm³/mol. The van der Waals surface area contributed by atoms with E-state index in [0.717, 1.165) is 40.9 Å². The van der Waals surface area contributed by atoms with E-state index < -0.39 is 6.03 Å². The van der Waals surface area contributed by atoms with Crippen molar-refractivity contribution in [2.24, 2.45) is 10.8 Å². The van der Waals surface area contributed by atoms with Crippen molar-refractivity contribution in [2.75, 3.05) is 0 Å². The van der Waals surface area contributed by atoms with Crippen LogP contribution in [0.1, 0.15) is 28.7 Å². The molecule has 2 heterocycles. The molecule has 0 saturated carbocycles. The van der Waals surface area contributed by atoms with Crippen molar-refractivity contribution in [2.45, 2.75) is 19.8 Å². The van der Waals surface area contributed by atoms with E-state index >= 15 is 0 Å².